The van der Waals surface area contributed by atoms with Crippen LogP contribution in [0.4, 0.5) is 17.1 Å². The third-order valence-electron chi connectivity index (χ3n) is 12.0. The first kappa shape index (κ1) is 33.3. The molecular formula is C56H36N2O. The van der Waals surface area contributed by atoms with Crippen LogP contribution in [0.1, 0.15) is 0 Å². The van der Waals surface area contributed by atoms with Gasteiger partial charge >= 0.3 is 0 Å². The quantitative estimate of drug-likeness (QED) is 0.169. The largest absolute Gasteiger partial charge is 0.456 e. The van der Waals surface area contributed by atoms with Gasteiger partial charge in [-0.1, -0.05) is 146 Å². The average molecular weight is 753 g/mol. The lowest BCUT2D eigenvalue weighted by Gasteiger charge is -2.27. The van der Waals surface area contributed by atoms with Crippen molar-refractivity contribution in [3.05, 3.63) is 219 Å². The van der Waals surface area contributed by atoms with Crippen LogP contribution in [0.15, 0.2) is 223 Å². The Balaban J connectivity index is 0.994. The number of rotatable bonds is 6. The van der Waals surface area contributed by atoms with Crippen molar-refractivity contribution in [3.8, 4) is 33.4 Å². The molecular weight excluding hydrogens is 717 g/mol. The van der Waals surface area contributed by atoms with Crippen LogP contribution in [0.2, 0.25) is 0 Å². The molecule has 12 rings (SSSR count). The van der Waals surface area contributed by atoms with Crippen LogP contribution in [0.3, 0.4) is 0 Å². The zero-order chi connectivity index (χ0) is 38.9. The van der Waals surface area contributed by atoms with E-state index in [9.17, 15) is 0 Å². The van der Waals surface area contributed by atoms with Gasteiger partial charge < -0.3 is 13.7 Å². The second-order valence-corrected chi connectivity index (χ2v) is 15.3. The highest BCUT2D eigenvalue weighted by Crippen LogP contribution is 2.44. The van der Waals surface area contributed by atoms with E-state index in [0.29, 0.717) is 0 Å². The molecule has 0 atom stereocenters. The SMILES string of the molecule is c1ccc(-c2ccc3c(c2)oc2cc(N(c4ccc(-c5ccn6c(c5)c(-c5ccccc5)c5c7ccccc7ccc56)cc4)c4cccc5ccccc45)ccc23)cc1. The maximum Gasteiger partial charge on any atom is 0.137 e. The van der Waals surface area contributed by atoms with Gasteiger partial charge in [-0.15, -0.1) is 0 Å². The Kier molecular flexibility index (Phi) is 7.54. The number of furan rings is 1. The normalized spacial score (nSPS) is 11.7. The van der Waals surface area contributed by atoms with Gasteiger partial charge in [0.1, 0.15) is 11.2 Å². The Morgan fingerprint density at radius 1 is 0.356 bits per heavy atom. The molecule has 0 fully saturated rings. The minimum Gasteiger partial charge on any atom is -0.456 e. The predicted octanol–water partition coefficient (Wildman–Crippen LogP) is 15.8. The molecule has 0 spiro atoms. The summed E-state index contributed by atoms with van der Waals surface area (Å²) < 4.78 is 8.98. The Bertz CT molecular complexity index is 3540. The van der Waals surface area contributed by atoms with E-state index >= 15 is 0 Å². The molecule has 276 valence electrons. The molecule has 3 heteroatoms. The van der Waals surface area contributed by atoms with E-state index in [0.717, 1.165) is 50.1 Å². The lowest BCUT2D eigenvalue weighted by Crippen LogP contribution is -2.10. The minimum atomic E-state index is 0.861. The Morgan fingerprint density at radius 2 is 0.949 bits per heavy atom. The fourth-order valence-electron chi connectivity index (χ4n) is 9.18. The number of anilines is 3. The molecule has 0 N–H and O–H groups in total. The number of aromatic nitrogens is 1. The van der Waals surface area contributed by atoms with Crippen molar-refractivity contribution in [2.45, 2.75) is 0 Å². The average Bonchev–Trinajstić information content (AvgIpc) is 3.85. The zero-order valence-electron chi connectivity index (χ0n) is 32.1. The van der Waals surface area contributed by atoms with Crippen LogP contribution in [-0.4, -0.2) is 4.40 Å². The maximum atomic E-state index is 6.64. The molecule has 9 aromatic carbocycles. The molecule has 0 radical (unpaired) electrons. The summed E-state index contributed by atoms with van der Waals surface area (Å²) in [6.45, 7) is 0. The Morgan fingerprint density at radius 3 is 1.75 bits per heavy atom. The smallest absolute Gasteiger partial charge is 0.137 e. The summed E-state index contributed by atoms with van der Waals surface area (Å²) in [5.41, 5.74) is 14.5. The summed E-state index contributed by atoms with van der Waals surface area (Å²) in [6.07, 6.45) is 2.23. The van der Waals surface area contributed by atoms with Crippen molar-refractivity contribution < 1.29 is 4.42 Å². The minimum absolute atomic E-state index is 0.861. The lowest BCUT2D eigenvalue weighted by molar-refractivity contribution is 0.669. The van der Waals surface area contributed by atoms with Gasteiger partial charge in [0, 0.05) is 50.7 Å². The predicted molar refractivity (Wildman–Crippen MR) is 248 cm³/mol. The molecule has 0 aliphatic rings. The third-order valence-corrected chi connectivity index (χ3v) is 12.0. The third kappa shape index (κ3) is 5.44. The standard InChI is InChI=1S/C56H36N2O/c1-3-12-37(13-4-1)42-24-29-48-49-30-28-45(36-54(49)59-53(48)35-42)58(50-21-11-18-39-14-7-9-19-46(39)50)44-26-22-38(23-27-44)43-32-33-57-51-31-25-40-15-8-10-20-47(40)56(51)55(52(57)34-43)41-16-5-2-6-17-41/h1-36H. The van der Waals surface area contributed by atoms with Gasteiger partial charge in [0.2, 0.25) is 0 Å². The van der Waals surface area contributed by atoms with Crippen molar-refractivity contribution in [3.63, 3.8) is 0 Å². The summed E-state index contributed by atoms with van der Waals surface area (Å²) in [6, 6.07) is 76.4. The first-order valence-electron chi connectivity index (χ1n) is 20.2. The van der Waals surface area contributed by atoms with Gasteiger partial charge in [0.25, 0.3) is 0 Å². The molecule has 0 bridgehead atoms. The van der Waals surface area contributed by atoms with Gasteiger partial charge in [-0.2, -0.15) is 0 Å². The summed E-state index contributed by atoms with van der Waals surface area (Å²) in [7, 11) is 0. The van der Waals surface area contributed by atoms with Gasteiger partial charge in [0.15, 0.2) is 0 Å². The first-order valence-corrected chi connectivity index (χ1v) is 20.2. The van der Waals surface area contributed by atoms with Crippen molar-refractivity contribution in [1.82, 2.24) is 4.40 Å². The van der Waals surface area contributed by atoms with E-state index in [1.807, 2.05) is 6.07 Å². The molecule has 0 unspecified atom stereocenters. The second kappa shape index (κ2) is 13.4. The van der Waals surface area contributed by atoms with Gasteiger partial charge in [-0.05, 0) is 105 Å². The molecule has 3 nitrogen and oxygen atoms in total. The van der Waals surface area contributed by atoms with Gasteiger partial charge in [0.05, 0.1) is 16.7 Å². The highest BCUT2D eigenvalue weighted by Gasteiger charge is 2.20. The number of nitrogens with zero attached hydrogens (tertiary/aromatic N) is 2. The maximum absolute atomic E-state index is 6.64. The number of pyridine rings is 1. The molecule has 0 aliphatic heterocycles. The Labute approximate surface area is 341 Å². The summed E-state index contributed by atoms with van der Waals surface area (Å²) in [5.74, 6) is 0. The molecule has 3 heterocycles. The van der Waals surface area contributed by atoms with Crippen molar-refractivity contribution in [2.75, 3.05) is 4.90 Å². The second-order valence-electron chi connectivity index (χ2n) is 15.3. The number of fused-ring (bicyclic) bond motifs is 9. The highest BCUT2D eigenvalue weighted by atomic mass is 16.3. The van der Waals surface area contributed by atoms with Crippen LogP contribution >= 0.6 is 0 Å². The first-order chi connectivity index (χ1) is 29.2. The number of hydrogen-bond donors (Lipinski definition) is 0. The van der Waals surface area contributed by atoms with E-state index in [4.69, 9.17) is 4.42 Å². The molecule has 0 aliphatic carbocycles. The summed E-state index contributed by atoms with van der Waals surface area (Å²) >= 11 is 0. The van der Waals surface area contributed by atoms with E-state index < -0.39 is 0 Å². The Hall–Kier alpha value is -7.88. The van der Waals surface area contributed by atoms with E-state index in [2.05, 4.69) is 222 Å². The molecule has 0 saturated heterocycles. The van der Waals surface area contributed by atoms with E-state index in [-0.39, 0.29) is 0 Å². The van der Waals surface area contributed by atoms with E-state index in [1.165, 1.54) is 60.2 Å². The molecule has 3 aromatic heterocycles. The summed E-state index contributed by atoms with van der Waals surface area (Å²) in [5, 5.41) is 8.39. The molecule has 59 heavy (non-hydrogen) atoms. The zero-order valence-corrected chi connectivity index (χ0v) is 32.1. The van der Waals surface area contributed by atoms with Crippen molar-refractivity contribution >= 4 is 77.0 Å². The summed E-state index contributed by atoms with van der Waals surface area (Å²) in [4.78, 5) is 2.36. The van der Waals surface area contributed by atoms with Crippen LogP contribution in [-0.2, 0) is 0 Å². The van der Waals surface area contributed by atoms with E-state index in [1.54, 1.807) is 0 Å². The molecule has 12 aromatic rings. The van der Waals surface area contributed by atoms with Gasteiger partial charge in [-0.25, -0.2) is 0 Å². The van der Waals surface area contributed by atoms with Crippen LogP contribution in [0.25, 0.3) is 93.3 Å². The number of hydrogen-bond acceptors (Lipinski definition) is 2. The van der Waals surface area contributed by atoms with Crippen molar-refractivity contribution in [1.29, 1.82) is 0 Å². The highest BCUT2D eigenvalue weighted by molar-refractivity contribution is 6.19. The fraction of sp³-hybridized carbons (Fsp3) is 0. The van der Waals surface area contributed by atoms with Crippen LogP contribution in [0, 0.1) is 0 Å². The molecule has 0 saturated carbocycles. The van der Waals surface area contributed by atoms with Gasteiger partial charge in [-0.3, -0.25) is 0 Å². The monoisotopic (exact) mass is 752 g/mol. The topological polar surface area (TPSA) is 20.8 Å². The number of benzene rings is 9. The fourth-order valence-corrected chi connectivity index (χ4v) is 9.18. The van der Waals surface area contributed by atoms with Crippen molar-refractivity contribution in [2.24, 2.45) is 0 Å². The molecule has 0 amide bonds. The lowest BCUT2D eigenvalue weighted by atomic mass is 9.97. The van der Waals surface area contributed by atoms with Crippen LogP contribution < -0.4 is 4.90 Å². The van der Waals surface area contributed by atoms with Crippen LogP contribution in [0.5, 0.6) is 0 Å².